The maximum Gasteiger partial charge on any atom is 0.238 e. The molecule has 1 aromatic rings. The Morgan fingerprint density at radius 1 is 1.43 bits per heavy atom. The van der Waals surface area contributed by atoms with Gasteiger partial charge in [0.15, 0.2) is 0 Å². The van der Waals surface area contributed by atoms with E-state index in [1.165, 1.54) is 0 Å². The first kappa shape index (κ1) is 16.1. The quantitative estimate of drug-likeness (QED) is 0.892. The fourth-order valence-electron chi connectivity index (χ4n) is 2.74. The fraction of sp³-hybridized carbons (Fsp3) is 0.533. The second-order valence-corrected chi connectivity index (χ2v) is 5.99. The van der Waals surface area contributed by atoms with Crippen LogP contribution in [0.4, 0.5) is 5.69 Å². The van der Waals surface area contributed by atoms with E-state index < -0.39 is 0 Å². The van der Waals surface area contributed by atoms with E-state index in [0.717, 1.165) is 13.1 Å². The average molecular weight is 312 g/mol. The van der Waals surface area contributed by atoms with Crippen LogP contribution in [0.25, 0.3) is 0 Å². The molecule has 21 heavy (non-hydrogen) atoms. The first-order valence-corrected chi connectivity index (χ1v) is 7.47. The zero-order valence-corrected chi connectivity index (χ0v) is 13.4. The van der Waals surface area contributed by atoms with Gasteiger partial charge in [0.1, 0.15) is 5.75 Å². The second kappa shape index (κ2) is 7.11. The topological polar surface area (TPSA) is 53.6 Å². The smallest absolute Gasteiger partial charge is 0.238 e. The summed E-state index contributed by atoms with van der Waals surface area (Å²) in [4.78, 5) is 14.4. The van der Waals surface area contributed by atoms with Crippen molar-refractivity contribution in [2.75, 3.05) is 32.1 Å². The van der Waals surface area contributed by atoms with E-state index in [1.807, 2.05) is 0 Å². The van der Waals surface area contributed by atoms with E-state index in [-0.39, 0.29) is 5.91 Å². The zero-order chi connectivity index (χ0) is 15.4. The Morgan fingerprint density at radius 3 is 2.71 bits per heavy atom. The number of hydrogen-bond acceptors (Lipinski definition) is 4. The summed E-state index contributed by atoms with van der Waals surface area (Å²) < 4.78 is 5.23. The maximum atomic E-state index is 12.2. The Morgan fingerprint density at radius 2 is 2.10 bits per heavy atom. The Bertz CT molecular complexity index is 500. The van der Waals surface area contributed by atoms with Crippen molar-refractivity contribution in [3.05, 3.63) is 23.2 Å². The molecule has 0 aromatic heterocycles. The van der Waals surface area contributed by atoms with Crippen LogP contribution in [0.3, 0.4) is 0 Å². The number of methoxy groups -OCH3 is 1. The number of nitrogens with one attached hydrogen (secondary N) is 2. The minimum atomic E-state index is -0.0585. The average Bonchev–Trinajstić information content (AvgIpc) is 2.37. The van der Waals surface area contributed by atoms with Crippen LogP contribution in [0.2, 0.25) is 5.02 Å². The number of hydrogen-bond donors (Lipinski definition) is 2. The Hall–Kier alpha value is -1.30. The van der Waals surface area contributed by atoms with E-state index in [4.69, 9.17) is 16.3 Å². The summed E-state index contributed by atoms with van der Waals surface area (Å²) in [7, 11) is 1.57. The lowest BCUT2D eigenvalue weighted by molar-refractivity contribution is -0.117. The molecular formula is C15H22ClN3O2. The minimum Gasteiger partial charge on any atom is -0.495 e. The van der Waals surface area contributed by atoms with Gasteiger partial charge in [0.2, 0.25) is 5.91 Å². The Balaban J connectivity index is 1.97. The van der Waals surface area contributed by atoms with E-state index in [9.17, 15) is 4.79 Å². The second-order valence-electron chi connectivity index (χ2n) is 5.56. The predicted octanol–water partition coefficient (Wildman–Crippen LogP) is 1.97. The molecule has 6 heteroatoms. The predicted molar refractivity (Wildman–Crippen MR) is 85.1 cm³/mol. The van der Waals surface area contributed by atoms with Crippen molar-refractivity contribution in [3.63, 3.8) is 0 Å². The number of piperazine rings is 1. The van der Waals surface area contributed by atoms with E-state index >= 15 is 0 Å². The molecular weight excluding hydrogens is 290 g/mol. The normalized spacial score (nSPS) is 22.9. The first-order valence-electron chi connectivity index (χ1n) is 7.09. The van der Waals surface area contributed by atoms with Crippen molar-refractivity contribution in [1.29, 1.82) is 0 Å². The molecule has 0 spiro atoms. The summed E-state index contributed by atoms with van der Waals surface area (Å²) in [5.74, 6) is 0.548. The van der Waals surface area contributed by atoms with E-state index in [0.29, 0.717) is 35.1 Å². The number of amides is 1. The monoisotopic (exact) mass is 311 g/mol. The molecule has 116 valence electrons. The van der Waals surface area contributed by atoms with Crippen LogP contribution in [-0.2, 0) is 4.79 Å². The highest BCUT2D eigenvalue weighted by Crippen LogP contribution is 2.27. The van der Waals surface area contributed by atoms with Gasteiger partial charge in [-0.3, -0.25) is 9.69 Å². The van der Waals surface area contributed by atoms with Gasteiger partial charge in [0, 0.05) is 30.2 Å². The van der Waals surface area contributed by atoms with Crippen LogP contribution >= 0.6 is 11.6 Å². The van der Waals surface area contributed by atoms with Gasteiger partial charge in [-0.2, -0.15) is 0 Å². The molecule has 1 aliphatic heterocycles. The molecule has 5 nitrogen and oxygen atoms in total. The molecule has 0 saturated carbocycles. The molecule has 2 rings (SSSR count). The highest BCUT2D eigenvalue weighted by molar-refractivity contribution is 6.31. The van der Waals surface area contributed by atoms with Gasteiger partial charge in [-0.1, -0.05) is 11.6 Å². The summed E-state index contributed by atoms with van der Waals surface area (Å²) in [6.45, 7) is 6.35. The van der Waals surface area contributed by atoms with Crippen LogP contribution in [0, 0.1) is 0 Å². The van der Waals surface area contributed by atoms with Crippen LogP contribution < -0.4 is 15.4 Å². The number of halogens is 1. The maximum absolute atomic E-state index is 12.2. The number of benzene rings is 1. The number of nitrogens with zero attached hydrogens (tertiary/aromatic N) is 1. The van der Waals surface area contributed by atoms with E-state index in [1.54, 1.807) is 25.3 Å². The van der Waals surface area contributed by atoms with Crippen molar-refractivity contribution in [3.8, 4) is 5.75 Å². The summed E-state index contributed by atoms with van der Waals surface area (Å²) in [6, 6.07) is 5.95. The molecule has 2 N–H and O–H groups in total. The largest absolute Gasteiger partial charge is 0.495 e. The zero-order valence-electron chi connectivity index (χ0n) is 12.6. The molecule has 1 aromatic carbocycles. The molecule has 2 atom stereocenters. The van der Waals surface area contributed by atoms with Crippen molar-refractivity contribution >= 4 is 23.2 Å². The highest BCUT2D eigenvalue weighted by Gasteiger charge is 2.22. The van der Waals surface area contributed by atoms with Crippen LogP contribution in [0.15, 0.2) is 18.2 Å². The summed E-state index contributed by atoms with van der Waals surface area (Å²) in [6.07, 6.45) is 0. The molecule has 2 unspecified atom stereocenters. The lowest BCUT2D eigenvalue weighted by atomic mass is 10.1. The Kier molecular flexibility index (Phi) is 5.45. The number of ether oxygens (including phenoxy) is 1. The molecule has 1 aliphatic rings. The number of carbonyl (C=O) groups excluding carboxylic acids is 1. The van der Waals surface area contributed by atoms with Crippen molar-refractivity contribution < 1.29 is 9.53 Å². The number of rotatable bonds is 4. The van der Waals surface area contributed by atoms with Gasteiger partial charge in [-0.25, -0.2) is 0 Å². The van der Waals surface area contributed by atoms with E-state index in [2.05, 4.69) is 29.4 Å². The summed E-state index contributed by atoms with van der Waals surface area (Å²) >= 11 is 5.96. The van der Waals surface area contributed by atoms with Crippen LogP contribution in [0.5, 0.6) is 5.75 Å². The van der Waals surface area contributed by atoms with Crippen molar-refractivity contribution in [1.82, 2.24) is 10.2 Å². The molecule has 1 amide bonds. The molecule has 0 bridgehead atoms. The van der Waals surface area contributed by atoms with Crippen LogP contribution in [-0.4, -0.2) is 49.6 Å². The third-order valence-corrected chi connectivity index (χ3v) is 3.67. The number of anilines is 1. The first-order chi connectivity index (χ1) is 9.97. The molecule has 1 heterocycles. The summed E-state index contributed by atoms with van der Waals surface area (Å²) in [5.41, 5.74) is 0.603. The van der Waals surface area contributed by atoms with Crippen molar-refractivity contribution in [2.45, 2.75) is 25.9 Å². The molecule has 1 fully saturated rings. The van der Waals surface area contributed by atoms with Gasteiger partial charge < -0.3 is 15.4 Å². The van der Waals surface area contributed by atoms with Gasteiger partial charge in [0.05, 0.1) is 19.3 Å². The lowest BCUT2D eigenvalue weighted by Crippen LogP contribution is -2.55. The van der Waals surface area contributed by atoms with Crippen LogP contribution in [0.1, 0.15) is 13.8 Å². The van der Waals surface area contributed by atoms with Gasteiger partial charge in [-0.05, 0) is 32.0 Å². The third-order valence-electron chi connectivity index (χ3n) is 3.44. The standard InChI is InChI=1S/C15H22ClN3O2/c1-10-7-19(8-11(2)17-10)9-15(20)18-13-6-12(16)4-5-14(13)21-3/h4-6,10-11,17H,7-9H2,1-3H3,(H,18,20). The Labute approximate surface area is 130 Å². The van der Waals surface area contributed by atoms with Gasteiger partial charge >= 0.3 is 0 Å². The summed E-state index contributed by atoms with van der Waals surface area (Å²) in [5, 5.41) is 6.88. The van der Waals surface area contributed by atoms with Crippen molar-refractivity contribution in [2.24, 2.45) is 0 Å². The third kappa shape index (κ3) is 4.59. The minimum absolute atomic E-state index is 0.0585. The fourth-order valence-corrected chi connectivity index (χ4v) is 2.91. The molecule has 0 radical (unpaired) electrons. The lowest BCUT2D eigenvalue weighted by Gasteiger charge is -2.35. The highest BCUT2D eigenvalue weighted by atomic mass is 35.5. The SMILES string of the molecule is COc1ccc(Cl)cc1NC(=O)CN1CC(C)NC(C)C1. The van der Waals surface area contributed by atoms with Gasteiger partial charge in [0.25, 0.3) is 0 Å². The van der Waals surface area contributed by atoms with Gasteiger partial charge in [-0.15, -0.1) is 0 Å². The molecule has 1 saturated heterocycles. The number of carbonyl (C=O) groups is 1. The molecule has 0 aliphatic carbocycles.